The van der Waals surface area contributed by atoms with Crippen molar-refractivity contribution in [1.82, 2.24) is 10.2 Å². The van der Waals surface area contributed by atoms with Gasteiger partial charge in [-0.2, -0.15) is 0 Å². The Kier molecular flexibility index (Phi) is 5.88. The third-order valence-electron chi connectivity index (χ3n) is 2.90. The number of rotatable bonds is 7. The van der Waals surface area contributed by atoms with Crippen LogP contribution in [0.5, 0.6) is 0 Å². The van der Waals surface area contributed by atoms with Crippen LogP contribution in [0.1, 0.15) is 31.6 Å². The van der Waals surface area contributed by atoms with Gasteiger partial charge >= 0.3 is 0 Å². The van der Waals surface area contributed by atoms with Gasteiger partial charge in [0, 0.05) is 6.54 Å². The molecule has 1 unspecified atom stereocenters. The maximum absolute atomic E-state index is 11.7. The van der Waals surface area contributed by atoms with Crippen LogP contribution in [0.4, 0.5) is 0 Å². The highest BCUT2D eigenvalue weighted by atomic mass is 16.3. The van der Waals surface area contributed by atoms with Gasteiger partial charge in [-0.1, -0.05) is 13.3 Å². The lowest BCUT2D eigenvalue weighted by Crippen LogP contribution is -2.43. The van der Waals surface area contributed by atoms with E-state index in [1.165, 1.54) is 0 Å². The Morgan fingerprint density at radius 1 is 1.56 bits per heavy atom. The van der Waals surface area contributed by atoms with Crippen LogP contribution in [0.3, 0.4) is 0 Å². The summed E-state index contributed by atoms with van der Waals surface area (Å²) in [5, 5.41) is 2.87. The summed E-state index contributed by atoms with van der Waals surface area (Å²) in [5.41, 5.74) is 5.76. The minimum absolute atomic E-state index is 0.0257. The van der Waals surface area contributed by atoms with Gasteiger partial charge in [0.25, 0.3) is 0 Å². The summed E-state index contributed by atoms with van der Waals surface area (Å²) in [6, 6.07) is 3.35. The van der Waals surface area contributed by atoms with E-state index in [4.69, 9.17) is 10.2 Å². The molecular weight excluding hydrogens is 230 g/mol. The first-order valence-corrected chi connectivity index (χ1v) is 6.29. The van der Waals surface area contributed by atoms with Gasteiger partial charge in [0.2, 0.25) is 5.91 Å². The summed E-state index contributed by atoms with van der Waals surface area (Å²) in [7, 11) is 3.90. The molecule has 0 spiro atoms. The molecule has 0 aliphatic heterocycles. The lowest BCUT2D eigenvalue weighted by atomic mass is 10.1. The number of nitrogens with zero attached hydrogens (tertiary/aromatic N) is 1. The second-order valence-corrected chi connectivity index (χ2v) is 4.64. The largest absolute Gasteiger partial charge is 0.468 e. The first-order valence-electron chi connectivity index (χ1n) is 6.29. The third kappa shape index (κ3) is 4.16. The number of amides is 1. The van der Waals surface area contributed by atoms with Crippen LogP contribution in [-0.2, 0) is 4.79 Å². The van der Waals surface area contributed by atoms with E-state index >= 15 is 0 Å². The van der Waals surface area contributed by atoms with E-state index in [9.17, 15) is 4.79 Å². The number of nitrogens with one attached hydrogen (secondary N) is 1. The van der Waals surface area contributed by atoms with Crippen LogP contribution in [0.2, 0.25) is 0 Å². The SMILES string of the molecule is CCC[C@@H](N)C(=O)NCC(c1ccco1)N(C)C. The maximum atomic E-state index is 11.7. The zero-order valence-electron chi connectivity index (χ0n) is 11.3. The molecule has 0 radical (unpaired) electrons. The van der Waals surface area contributed by atoms with Crippen molar-refractivity contribution in [2.75, 3.05) is 20.6 Å². The maximum Gasteiger partial charge on any atom is 0.236 e. The highest BCUT2D eigenvalue weighted by molar-refractivity contribution is 5.81. The topological polar surface area (TPSA) is 71.5 Å². The quantitative estimate of drug-likeness (QED) is 0.764. The molecule has 0 aliphatic rings. The fourth-order valence-corrected chi connectivity index (χ4v) is 1.79. The molecule has 0 saturated heterocycles. The molecule has 102 valence electrons. The molecule has 1 heterocycles. The van der Waals surface area contributed by atoms with Crippen LogP contribution in [0, 0.1) is 0 Å². The first-order chi connectivity index (χ1) is 8.56. The summed E-state index contributed by atoms with van der Waals surface area (Å²) >= 11 is 0. The van der Waals surface area contributed by atoms with Crippen molar-refractivity contribution in [3.8, 4) is 0 Å². The molecule has 3 N–H and O–H groups in total. The molecule has 0 fully saturated rings. The highest BCUT2D eigenvalue weighted by Crippen LogP contribution is 2.17. The summed E-state index contributed by atoms with van der Waals surface area (Å²) in [5.74, 6) is 0.736. The van der Waals surface area contributed by atoms with E-state index in [0.717, 1.165) is 12.2 Å². The molecule has 1 aromatic rings. The fourth-order valence-electron chi connectivity index (χ4n) is 1.79. The summed E-state index contributed by atoms with van der Waals surface area (Å²) in [6.45, 7) is 2.51. The highest BCUT2D eigenvalue weighted by Gasteiger charge is 2.19. The first kappa shape index (κ1) is 14.7. The number of hydrogen-bond donors (Lipinski definition) is 2. The molecule has 1 aromatic heterocycles. The molecule has 18 heavy (non-hydrogen) atoms. The standard InChI is InChI=1S/C13H23N3O2/c1-4-6-10(14)13(17)15-9-11(16(2)3)12-7-5-8-18-12/h5,7-8,10-11H,4,6,9,14H2,1-3H3,(H,15,17)/t10-,11?/m1/s1. The summed E-state index contributed by atoms with van der Waals surface area (Å²) < 4.78 is 5.37. The number of carbonyl (C=O) groups is 1. The molecule has 0 bridgehead atoms. The molecule has 0 saturated carbocycles. The van der Waals surface area contributed by atoms with Crippen molar-refractivity contribution in [2.24, 2.45) is 5.73 Å². The average molecular weight is 253 g/mol. The van der Waals surface area contributed by atoms with E-state index in [0.29, 0.717) is 13.0 Å². The smallest absolute Gasteiger partial charge is 0.236 e. The van der Waals surface area contributed by atoms with Crippen LogP contribution in [-0.4, -0.2) is 37.5 Å². The Labute approximate surface area is 108 Å². The third-order valence-corrected chi connectivity index (χ3v) is 2.90. The summed E-state index contributed by atoms with van der Waals surface area (Å²) in [4.78, 5) is 13.7. The lowest BCUT2D eigenvalue weighted by molar-refractivity contribution is -0.122. The molecule has 1 amide bonds. The van der Waals surface area contributed by atoms with E-state index in [1.54, 1.807) is 6.26 Å². The molecule has 0 aliphatic carbocycles. The predicted octanol–water partition coefficient (Wildman–Crippen LogP) is 1.13. The van der Waals surface area contributed by atoms with Gasteiger partial charge in [0.15, 0.2) is 0 Å². The Morgan fingerprint density at radius 3 is 2.78 bits per heavy atom. The Balaban J connectivity index is 2.51. The van der Waals surface area contributed by atoms with Gasteiger partial charge in [-0.15, -0.1) is 0 Å². The Bertz CT molecular complexity index is 349. The van der Waals surface area contributed by atoms with E-state index in [-0.39, 0.29) is 11.9 Å². The minimum atomic E-state index is -0.422. The van der Waals surface area contributed by atoms with E-state index < -0.39 is 6.04 Å². The van der Waals surface area contributed by atoms with E-state index in [1.807, 2.05) is 38.1 Å². The molecule has 2 atom stereocenters. The van der Waals surface area contributed by atoms with Crippen molar-refractivity contribution in [2.45, 2.75) is 31.8 Å². The summed E-state index contributed by atoms with van der Waals surface area (Å²) in [6.07, 6.45) is 3.25. The van der Waals surface area contributed by atoms with Crippen LogP contribution in [0.25, 0.3) is 0 Å². The van der Waals surface area contributed by atoms with E-state index in [2.05, 4.69) is 5.32 Å². The molecule has 5 heteroatoms. The van der Waals surface area contributed by atoms with Crippen LogP contribution < -0.4 is 11.1 Å². The number of carbonyl (C=O) groups excluding carboxylic acids is 1. The zero-order chi connectivity index (χ0) is 13.5. The van der Waals surface area contributed by atoms with Crippen molar-refractivity contribution < 1.29 is 9.21 Å². The Morgan fingerprint density at radius 2 is 2.28 bits per heavy atom. The zero-order valence-corrected chi connectivity index (χ0v) is 11.3. The van der Waals surface area contributed by atoms with Gasteiger partial charge in [0.05, 0.1) is 18.3 Å². The van der Waals surface area contributed by atoms with Gasteiger partial charge < -0.3 is 15.5 Å². The van der Waals surface area contributed by atoms with Gasteiger partial charge in [-0.25, -0.2) is 0 Å². The average Bonchev–Trinajstić information content (AvgIpc) is 2.82. The monoisotopic (exact) mass is 253 g/mol. The van der Waals surface area contributed by atoms with Crippen molar-refractivity contribution in [3.05, 3.63) is 24.2 Å². The number of nitrogens with two attached hydrogens (primary N) is 1. The predicted molar refractivity (Wildman–Crippen MR) is 71.0 cm³/mol. The number of likely N-dealkylation sites (N-methyl/N-ethyl adjacent to an activating group) is 1. The van der Waals surface area contributed by atoms with Gasteiger partial charge in [-0.3, -0.25) is 9.69 Å². The van der Waals surface area contributed by atoms with Gasteiger partial charge in [0.1, 0.15) is 5.76 Å². The fraction of sp³-hybridized carbons (Fsp3) is 0.615. The second kappa shape index (κ2) is 7.18. The Hall–Kier alpha value is -1.33. The molecule has 1 rings (SSSR count). The van der Waals surface area contributed by atoms with Crippen LogP contribution in [0.15, 0.2) is 22.8 Å². The van der Waals surface area contributed by atoms with Crippen molar-refractivity contribution in [3.63, 3.8) is 0 Å². The number of hydrogen-bond acceptors (Lipinski definition) is 4. The minimum Gasteiger partial charge on any atom is -0.468 e. The number of furan rings is 1. The van der Waals surface area contributed by atoms with Crippen LogP contribution >= 0.6 is 0 Å². The van der Waals surface area contributed by atoms with Gasteiger partial charge in [-0.05, 0) is 32.6 Å². The molecule has 0 aromatic carbocycles. The lowest BCUT2D eigenvalue weighted by Gasteiger charge is -2.23. The van der Waals surface area contributed by atoms with Crippen molar-refractivity contribution in [1.29, 1.82) is 0 Å². The van der Waals surface area contributed by atoms with Crippen molar-refractivity contribution >= 4 is 5.91 Å². The normalized spacial score (nSPS) is 14.5. The molecule has 5 nitrogen and oxygen atoms in total. The second-order valence-electron chi connectivity index (χ2n) is 4.64. The molecular formula is C13H23N3O2.